The molecule has 2 heterocycles. The number of carbonyl (C=O) groups excluding carboxylic acids is 1. The van der Waals surface area contributed by atoms with Gasteiger partial charge in [0.25, 0.3) is 0 Å². The molecule has 1 aromatic carbocycles. The first-order valence-corrected chi connectivity index (χ1v) is 8.30. The van der Waals surface area contributed by atoms with Crippen molar-refractivity contribution in [3.05, 3.63) is 23.3 Å². The maximum atomic E-state index is 12.3. The predicted molar refractivity (Wildman–Crippen MR) is 84.1 cm³/mol. The number of Topliss-reactive ketones (excluding diaryl/α,β-unsaturated/α-hetero) is 1. The first kappa shape index (κ1) is 13.8. The number of rotatable bonds is 3. The molecule has 1 aromatic rings. The van der Waals surface area contributed by atoms with Crippen LogP contribution in [0.4, 0.5) is 0 Å². The van der Waals surface area contributed by atoms with Crippen molar-refractivity contribution < 1.29 is 14.3 Å². The van der Waals surface area contributed by atoms with Crippen molar-refractivity contribution in [3.63, 3.8) is 0 Å². The molecule has 0 amide bonds. The van der Waals surface area contributed by atoms with Gasteiger partial charge in [0.1, 0.15) is 5.78 Å². The molecule has 3 aliphatic rings. The molecule has 0 saturated heterocycles. The summed E-state index contributed by atoms with van der Waals surface area (Å²) in [6.07, 6.45) is 5.59. The Kier molecular flexibility index (Phi) is 3.60. The summed E-state index contributed by atoms with van der Waals surface area (Å²) < 4.78 is 11.5. The van der Waals surface area contributed by atoms with E-state index in [1.165, 1.54) is 12.0 Å². The van der Waals surface area contributed by atoms with Crippen molar-refractivity contribution in [1.82, 2.24) is 0 Å². The number of ketones is 1. The Bertz CT molecular complexity index is 631. The number of ether oxygens (including phenoxy) is 2. The first-order chi connectivity index (χ1) is 10.8. The van der Waals surface area contributed by atoms with Crippen molar-refractivity contribution in [2.45, 2.75) is 38.5 Å². The van der Waals surface area contributed by atoms with E-state index in [0.29, 0.717) is 25.4 Å². The fourth-order valence-corrected chi connectivity index (χ4v) is 3.31. The van der Waals surface area contributed by atoms with Crippen molar-refractivity contribution in [2.75, 3.05) is 19.8 Å². The minimum Gasteiger partial charge on any atom is -0.490 e. The normalized spacial score (nSPS) is 20.5. The molecule has 1 saturated carbocycles. The lowest BCUT2D eigenvalue weighted by Crippen LogP contribution is -2.26. The first-order valence-electron chi connectivity index (χ1n) is 8.30. The molecule has 0 bridgehead atoms. The number of nitrogens with zero attached hydrogens (tertiary/aromatic N) is 1. The van der Waals surface area contributed by atoms with E-state index in [1.54, 1.807) is 0 Å². The van der Waals surface area contributed by atoms with Crippen LogP contribution in [-0.4, -0.2) is 31.3 Å². The number of hydrogen-bond donors (Lipinski definition) is 0. The third-order valence-electron chi connectivity index (χ3n) is 4.87. The van der Waals surface area contributed by atoms with E-state index in [1.807, 2.05) is 6.07 Å². The van der Waals surface area contributed by atoms with Crippen LogP contribution in [0.1, 0.15) is 43.2 Å². The maximum Gasteiger partial charge on any atom is 0.161 e. The van der Waals surface area contributed by atoms with E-state index < -0.39 is 0 Å². The van der Waals surface area contributed by atoms with Gasteiger partial charge in [-0.15, -0.1) is 0 Å². The average molecular weight is 299 g/mol. The van der Waals surface area contributed by atoms with Crippen LogP contribution in [0.2, 0.25) is 0 Å². The molecule has 1 fully saturated rings. The molecule has 116 valence electrons. The third-order valence-corrected chi connectivity index (χ3v) is 4.87. The van der Waals surface area contributed by atoms with Crippen LogP contribution in [-0.2, 0) is 11.2 Å². The van der Waals surface area contributed by atoms with E-state index in [-0.39, 0.29) is 5.92 Å². The monoisotopic (exact) mass is 299 g/mol. The smallest absolute Gasteiger partial charge is 0.161 e. The van der Waals surface area contributed by atoms with E-state index in [2.05, 4.69) is 11.1 Å². The molecule has 4 rings (SSSR count). The molecule has 0 atom stereocenters. The number of hydrogen-bond acceptors (Lipinski definition) is 4. The predicted octanol–water partition coefficient (Wildman–Crippen LogP) is 2.95. The summed E-state index contributed by atoms with van der Waals surface area (Å²) in [6, 6.07) is 4.11. The SMILES string of the molecule is O=C(CC1=NCCc2cc3c(cc21)OCCCO3)C1CCC1. The van der Waals surface area contributed by atoms with Gasteiger partial charge in [-0.05, 0) is 37.0 Å². The molecule has 0 aromatic heterocycles. The summed E-state index contributed by atoms with van der Waals surface area (Å²) in [5.41, 5.74) is 3.26. The van der Waals surface area contributed by atoms with Crippen LogP contribution in [0.15, 0.2) is 17.1 Å². The Morgan fingerprint density at radius 3 is 2.64 bits per heavy atom. The maximum absolute atomic E-state index is 12.3. The van der Waals surface area contributed by atoms with E-state index in [0.717, 1.165) is 55.0 Å². The lowest BCUT2D eigenvalue weighted by Gasteiger charge is -2.25. The van der Waals surface area contributed by atoms with E-state index in [9.17, 15) is 4.79 Å². The Balaban J connectivity index is 1.62. The molecule has 22 heavy (non-hydrogen) atoms. The second-order valence-electron chi connectivity index (χ2n) is 6.36. The van der Waals surface area contributed by atoms with Gasteiger partial charge in [-0.3, -0.25) is 9.79 Å². The third kappa shape index (κ3) is 2.51. The Labute approximate surface area is 130 Å². The minimum atomic E-state index is 0.272. The second-order valence-corrected chi connectivity index (χ2v) is 6.36. The highest BCUT2D eigenvalue weighted by atomic mass is 16.5. The summed E-state index contributed by atoms with van der Waals surface area (Å²) in [5.74, 6) is 2.25. The molecule has 1 aliphatic carbocycles. The Morgan fingerprint density at radius 2 is 1.91 bits per heavy atom. The zero-order chi connectivity index (χ0) is 14.9. The summed E-state index contributed by atoms with van der Waals surface area (Å²) in [5, 5.41) is 0. The zero-order valence-corrected chi connectivity index (χ0v) is 12.8. The number of carbonyl (C=O) groups is 1. The van der Waals surface area contributed by atoms with Crippen molar-refractivity contribution >= 4 is 11.5 Å². The van der Waals surface area contributed by atoms with Crippen LogP contribution in [0.25, 0.3) is 0 Å². The van der Waals surface area contributed by atoms with Gasteiger partial charge in [-0.1, -0.05) is 6.42 Å². The summed E-state index contributed by atoms with van der Waals surface area (Å²) in [4.78, 5) is 16.9. The number of aliphatic imine (C=N–C) groups is 1. The molecule has 4 nitrogen and oxygen atoms in total. The molecule has 0 radical (unpaired) electrons. The average Bonchev–Trinajstić information content (AvgIpc) is 2.68. The molecular formula is C18H21NO3. The molecule has 2 aliphatic heterocycles. The topological polar surface area (TPSA) is 47.9 Å². The van der Waals surface area contributed by atoms with Crippen LogP contribution in [0.5, 0.6) is 11.5 Å². The van der Waals surface area contributed by atoms with Gasteiger partial charge in [-0.25, -0.2) is 0 Å². The summed E-state index contributed by atoms with van der Waals surface area (Å²) >= 11 is 0. The van der Waals surface area contributed by atoms with Crippen LogP contribution in [0.3, 0.4) is 0 Å². The van der Waals surface area contributed by atoms with Gasteiger partial charge in [0.15, 0.2) is 11.5 Å². The minimum absolute atomic E-state index is 0.272. The van der Waals surface area contributed by atoms with Crippen molar-refractivity contribution in [2.24, 2.45) is 10.9 Å². The second kappa shape index (κ2) is 5.75. The highest BCUT2D eigenvalue weighted by Gasteiger charge is 2.28. The fraction of sp³-hybridized carbons (Fsp3) is 0.556. The van der Waals surface area contributed by atoms with E-state index in [4.69, 9.17) is 9.47 Å². The molecule has 0 unspecified atom stereocenters. The van der Waals surface area contributed by atoms with Gasteiger partial charge in [0, 0.05) is 36.6 Å². The van der Waals surface area contributed by atoms with Gasteiger partial charge in [-0.2, -0.15) is 0 Å². The van der Waals surface area contributed by atoms with Gasteiger partial charge in [0.2, 0.25) is 0 Å². The molecule has 4 heteroatoms. The van der Waals surface area contributed by atoms with Gasteiger partial charge >= 0.3 is 0 Å². The number of benzene rings is 1. The lowest BCUT2D eigenvalue weighted by atomic mass is 9.79. The Morgan fingerprint density at radius 1 is 1.14 bits per heavy atom. The van der Waals surface area contributed by atoms with Crippen LogP contribution in [0, 0.1) is 5.92 Å². The molecule has 0 N–H and O–H groups in total. The van der Waals surface area contributed by atoms with Crippen molar-refractivity contribution in [1.29, 1.82) is 0 Å². The molecular weight excluding hydrogens is 278 g/mol. The fourth-order valence-electron chi connectivity index (χ4n) is 3.31. The largest absolute Gasteiger partial charge is 0.490 e. The highest BCUT2D eigenvalue weighted by Crippen LogP contribution is 2.35. The van der Waals surface area contributed by atoms with Crippen LogP contribution >= 0.6 is 0 Å². The molecule has 0 spiro atoms. The Hall–Kier alpha value is -1.84. The van der Waals surface area contributed by atoms with Crippen LogP contribution < -0.4 is 9.47 Å². The lowest BCUT2D eigenvalue weighted by molar-refractivity contribution is -0.123. The summed E-state index contributed by atoms with van der Waals surface area (Å²) in [6.45, 7) is 2.14. The quantitative estimate of drug-likeness (QED) is 0.862. The van der Waals surface area contributed by atoms with Crippen molar-refractivity contribution in [3.8, 4) is 11.5 Å². The number of fused-ring (bicyclic) bond motifs is 2. The highest BCUT2D eigenvalue weighted by molar-refractivity contribution is 6.13. The van der Waals surface area contributed by atoms with E-state index >= 15 is 0 Å². The standard InChI is InChI=1S/C18H21NO3/c20-16(12-3-1-4-12)11-15-14-10-18-17(21-7-2-8-22-18)9-13(14)5-6-19-15/h9-10,12H,1-8,11H2. The van der Waals surface area contributed by atoms with Gasteiger partial charge in [0.05, 0.1) is 13.2 Å². The summed E-state index contributed by atoms with van der Waals surface area (Å²) in [7, 11) is 0. The van der Waals surface area contributed by atoms with Gasteiger partial charge < -0.3 is 9.47 Å². The zero-order valence-electron chi connectivity index (χ0n) is 12.8.